The van der Waals surface area contributed by atoms with Crippen LogP contribution in [0.3, 0.4) is 0 Å². The number of aromatic nitrogens is 2. The molecule has 0 fully saturated rings. The molecule has 2 aromatic rings. The lowest BCUT2D eigenvalue weighted by molar-refractivity contribution is -0.141. The standard InChI is InChI=1S/C24H36N2O3/c1-15(2)20-17(19-10-11-26(25-19)12-13-29-16(3)27)14-18(23(4,5)6)22(28)21(20)24(7,8)9/h10-11,14-15,28H,12-13H2,1-9H3. The fraction of sp³-hybridized carbons (Fsp3) is 0.583. The molecule has 0 atom stereocenters. The number of phenols is 1. The van der Waals surface area contributed by atoms with Crippen LogP contribution >= 0.6 is 0 Å². The Balaban J connectivity index is 2.68. The first-order valence-electron chi connectivity index (χ1n) is 10.3. The first-order valence-corrected chi connectivity index (χ1v) is 10.3. The van der Waals surface area contributed by atoms with Crippen molar-refractivity contribution >= 4 is 5.97 Å². The maximum absolute atomic E-state index is 11.3. The number of hydrogen-bond donors (Lipinski definition) is 1. The van der Waals surface area contributed by atoms with Gasteiger partial charge in [-0.05, 0) is 34.4 Å². The van der Waals surface area contributed by atoms with E-state index in [0.29, 0.717) is 18.9 Å². The molecular weight excluding hydrogens is 364 g/mol. The number of hydrogen-bond acceptors (Lipinski definition) is 4. The van der Waals surface area contributed by atoms with Crippen LogP contribution in [0.25, 0.3) is 11.3 Å². The lowest BCUT2D eigenvalue weighted by Gasteiger charge is -2.32. The number of carbonyl (C=O) groups excluding carboxylic acids is 1. The van der Waals surface area contributed by atoms with Crippen molar-refractivity contribution in [2.24, 2.45) is 0 Å². The number of carbonyl (C=O) groups is 1. The predicted octanol–water partition coefficient (Wildman–Crippen LogP) is 5.54. The molecule has 1 aromatic carbocycles. The number of ether oxygens (including phenoxy) is 1. The molecule has 0 spiro atoms. The maximum atomic E-state index is 11.3. The molecule has 0 saturated carbocycles. The number of phenolic OH excluding ortho intramolecular Hbond substituents is 1. The molecule has 0 bridgehead atoms. The largest absolute Gasteiger partial charge is 0.507 e. The zero-order valence-corrected chi connectivity index (χ0v) is 19.4. The van der Waals surface area contributed by atoms with Crippen molar-refractivity contribution in [3.05, 3.63) is 35.0 Å². The van der Waals surface area contributed by atoms with E-state index >= 15 is 0 Å². The zero-order valence-electron chi connectivity index (χ0n) is 19.4. The Labute approximate surface area is 175 Å². The molecule has 0 aliphatic carbocycles. The van der Waals surface area contributed by atoms with Gasteiger partial charge in [-0.3, -0.25) is 9.48 Å². The number of esters is 1. The molecule has 2 rings (SSSR count). The smallest absolute Gasteiger partial charge is 0.302 e. The van der Waals surface area contributed by atoms with Crippen LogP contribution in [0.15, 0.2) is 18.3 Å². The van der Waals surface area contributed by atoms with Crippen molar-refractivity contribution in [3.8, 4) is 17.0 Å². The summed E-state index contributed by atoms with van der Waals surface area (Å²) >= 11 is 0. The summed E-state index contributed by atoms with van der Waals surface area (Å²) < 4.78 is 6.83. The van der Waals surface area contributed by atoms with Crippen LogP contribution in [0.2, 0.25) is 0 Å². The first kappa shape index (κ1) is 23.0. The van der Waals surface area contributed by atoms with Gasteiger partial charge in [0.25, 0.3) is 0 Å². The van der Waals surface area contributed by atoms with Crippen molar-refractivity contribution < 1.29 is 14.6 Å². The van der Waals surface area contributed by atoms with Gasteiger partial charge in [-0.25, -0.2) is 0 Å². The van der Waals surface area contributed by atoms with Gasteiger partial charge in [0, 0.05) is 29.8 Å². The van der Waals surface area contributed by atoms with Gasteiger partial charge in [-0.2, -0.15) is 5.10 Å². The molecule has 5 nitrogen and oxygen atoms in total. The van der Waals surface area contributed by atoms with E-state index in [4.69, 9.17) is 9.84 Å². The molecule has 0 saturated heterocycles. The van der Waals surface area contributed by atoms with E-state index in [2.05, 4.69) is 61.5 Å². The monoisotopic (exact) mass is 400 g/mol. The summed E-state index contributed by atoms with van der Waals surface area (Å²) in [6.07, 6.45) is 1.91. The average Bonchev–Trinajstić information content (AvgIpc) is 3.00. The average molecular weight is 401 g/mol. The molecule has 0 amide bonds. The molecule has 0 aliphatic rings. The van der Waals surface area contributed by atoms with Crippen LogP contribution < -0.4 is 0 Å². The van der Waals surface area contributed by atoms with Gasteiger partial charge in [-0.1, -0.05) is 55.4 Å². The molecule has 29 heavy (non-hydrogen) atoms. The molecule has 0 aliphatic heterocycles. The first-order chi connectivity index (χ1) is 13.2. The predicted molar refractivity (Wildman–Crippen MR) is 117 cm³/mol. The van der Waals surface area contributed by atoms with Crippen molar-refractivity contribution in [1.82, 2.24) is 9.78 Å². The minimum atomic E-state index is -0.289. The van der Waals surface area contributed by atoms with E-state index in [1.165, 1.54) is 6.92 Å². The lowest BCUT2D eigenvalue weighted by atomic mass is 9.73. The van der Waals surface area contributed by atoms with Crippen molar-refractivity contribution in [1.29, 1.82) is 0 Å². The quantitative estimate of drug-likeness (QED) is 0.670. The molecule has 5 heteroatoms. The van der Waals surface area contributed by atoms with Gasteiger partial charge < -0.3 is 9.84 Å². The van der Waals surface area contributed by atoms with E-state index < -0.39 is 0 Å². The number of nitrogens with zero attached hydrogens (tertiary/aromatic N) is 2. The van der Waals surface area contributed by atoms with Gasteiger partial charge in [-0.15, -0.1) is 0 Å². The van der Waals surface area contributed by atoms with Gasteiger partial charge in [0.2, 0.25) is 0 Å². The number of aromatic hydroxyl groups is 1. The van der Waals surface area contributed by atoms with Gasteiger partial charge in [0.05, 0.1) is 12.2 Å². The summed E-state index contributed by atoms with van der Waals surface area (Å²) in [6.45, 7) is 19.3. The normalized spacial score (nSPS) is 12.5. The van der Waals surface area contributed by atoms with Crippen LogP contribution in [-0.4, -0.2) is 27.5 Å². The van der Waals surface area contributed by atoms with Crippen LogP contribution in [0.1, 0.15) is 84.9 Å². The minimum absolute atomic E-state index is 0.202. The zero-order chi connectivity index (χ0) is 22.1. The topological polar surface area (TPSA) is 64.3 Å². The Bertz CT molecular complexity index is 881. The molecule has 1 aromatic heterocycles. The van der Waals surface area contributed by atoms with Crippen LogP contribution in [0.4, 0.5) is 0 Å². The summed E-state index contributed by atoms with van der Waals surface area (Å²) in [5.74, 6) is 0.333. The van der Waals surface area contributed by atoms with Gasteiger partial charge >= 0.3 is 5.97 Å². The van der Waals surface area contributed by atoms with Crippen LogP contribution in [0, 0.1) is 0 Å². The summed E-state index contributed by atoms with van der Waals surface area (Å²) in [6, 6.07) is 4.09. The van der Waals surface area contributed by atoms with E-state index in [9.17, 15) is 9.90 Å². The highest BCUT2D eigenvalue weighted by atomic mass is 16.5. The molecule has 1 N–H and O–H groups in total. The van der Waals surface area contributed by atoms with Gasteiger partial charge in [0.1, 0.15) is 12.4 Å². The van der Waals surface area contributed by atoms with Crippen molar-refractivity contribution in [2.45, 2.75) is 85.6 Å². The Morgan fingerprint density at radius 3 is 2.28 bits per heavy atom. The van der Waals surface area contributed by atoms with E-state index in [-0.39, 0.29) is 22.7 Å². The van der Waals surface area contributed by atoms with Crippen molar-refractivity contribution in [3.63, 3.8) is 0 Å². The summed E-state index contributed by atoms with van der Waals surface area (Å²) in [4.78, 5) is 11.0. The molecule has 1 heterocycles. The molecular formula is C24H36N2O3. The highest BCUT2D eigenvalue weighted by Crippen LogP contribution is 2.47. The lowest BCUT2D eigenvalue weighted by Crippen LogP contribution is -2.21. The fourth-order valence-corrected chi connectivity index (χ4v) is 3.74. The molecule has 160 valence electrons. The van der Waals surface area contributed by atoms with Crippen LogP contribution in [0.5, 0.6) is 5.75 Å². The highest BCUT2D eigenvalue weighted by Gasteiger charge is 2.32. The fourth-order valence-electron chi connectivity index (χ4n) is 3.74. The van der Waals surface area contributed by atoms with E-state index in [1.807, 2.05) is 12.3 Å². The summed E-state index contributed by atoms with van der Waals surface area (Å²) in [7, 11) is 0. The molecule has 0 unspecified atom stereocenters. The van der Waals surface area contributed by atoms with Crippen molar-refractivity contribution in [2.75, 3.05) is 6.61 Å². The summed E-state index contributed by atoms with van der Waals surface area (Å²) in [5, 5.41) is 16.0. The number of rotatable bonds is 5. The molecule has 0 radical (unpaired) electrons. The SMILES string of the molecule is CC(=O)OCCn1ccc(-c2cc(C(C)(C)C)c(O)c(C(C)(C)C)c2C(C)C)n1. The van der Waals surface area contributed by atoms with Gasteiger partial charge in [0.15, 0.2) is 0 Å². The Kier molecular flexibility index (Phi) is 6.51. The second-order valence-electron chi connectivity index (χ2n) is 10.1. The Morgan fingerprint density at radius 1 is 1.17 bits per heavy atom. The second kappa shape index (κ2) is 8.21. The minimum Gasteiger partial charge on any atom is -0.507 e. The third-order valence-corrected chi connectivity index (χ3v) is 5.02. The Hall–Kier alpha value is -2.30. The number of benzene rings is 1. The maximum Gasteiger partial charge on any atom is 0.302 e. The van der Waals surface area contributed by atoms with E-state index in [0.717, 1.165) is 27.9 Å². The Morgan fingerprint density at radius 2 is 1.79 bits per heavy atom. The summed E-state index contributed by atoms with van der Waals surface area (Å²) in [5.41, 5.74) is 4.56. The third kappa shape index (κ3) is 5.20. The highest BCUT2D eigenvalue weighted by molar-refractivity contribution is 5.72. The van der Waals surface area contributed by atoms with Crippen LogP contribution in [-0.2, 0) is 26.9 Å². The second-order valence-corrected chi connectivity index (χ2v) is 10.1. The third-order valence-electron chi connectivity index (χ3n) is 5.02. The van der Waals surface area contributed by atoms with E-state index in [1.54, 1.807) is 4.68 Å².